The van der Waals surface area contributed by atoms with Crippen molar-refractivity contribution < 1.29 is 33.8 Å². The van der Waals surface area contributed by atoms with Gasteiger partial charge in [0.05, 0.1) is 30.8 Å². The van der Waals surface area contributed by atoms with Gasteiger partial charge >= 0.3 is 12.0 Å². The Labute approximate surface area is 308 Å². The molecule has 0 radical (unpaired) electrons. The summed E-state index contributed by atoms with van der Waals surface area (Å²) < 4.78 is 18.2. The van der Waals surface area contributed by atoms with E-state index in [2.05, 4.69) is 27.4 Å². The van der Waals surface area contributed by atoms with E-state index < -0.39 is 24.3 Å². The number of benzene rings is 4. The van der Waals surface area contributed by atoms with Gasteiger partial charge in [-0.15, -0.1) is 0 Å². The van der Waals surface area contributed by atoms with Crippen molar-refractivity contribution in [3.05, 3.63) is 135 Å². The number of nitro groups is 1. The van der Waals surface area contributed by atoms with Crippen molar-refractivity contribution in [3.8, 4) is 0 Å². The second kappa shape index (κ2) is 17.5. The highest BCUT2D eigenvalue weighted by atomic mass is 16.7. The Bertz CT molecular complexity index is 1820. The smallest absolute Gasteiger partial charge is 0.328 e. The minimum atomic E-state index is -0.863. The Morgan fingerprint density at radius 3 is 2.17 bits per heavy atom. The molecule has 6 rings (SSSR count). The molecule has 13 heteroatoms. The maximum atomic E-state index is 12.9. The molecule has 2 heterocycles. The number of nitrogens with one attached hydrogen (secondary N) is 2. The van der Waals surface area contributed by atoms with Crippen LogP contribution in [0.1, 0.15) is 41.6 Å². The van der Waals surface area contributed by atoms with Gasteiger partial charge in [0.1, 0.15) is 6.04 Å². The molecule has 4 aromatic carbocycles. The molecule has 2 aliphatic rings. The van der Waals surface area contributed by atoms with Gasteiger partial charge in [0, 0.05) is 74.1 Å². The highest BCUT2D eigenvalue weighted by Gasteiger charge is 2.39. The number of hydrogen-bond donors (Lipinski definition) is 3. The molecule has 0 spiro atoms. The molecule has 2 fully saturated rings. The van der Waals surface area contributed by atoms with Crippen molar-refractivity contribution in [1.29, 1.82) is 0 Å². The van der Waals surface area contributed by atoms with E-state index in [0.717, 1.165) is 54.1 Å². The van der Waals surface area contributed by atoms with E-state index in [4.69, 9.17) is 14.2 Å². The van der Waals surface area contributed by atoms with E-state index in [1.165, 1.54) is 19.2 Å². The monoisotopic (exact) mass is 723 g/mol. The number of nitrogens with zero attached hydrogens (tertiary/aromatic N) is 3. The summed E-state index contributed by atoms with van der Waals surface area (Å²) in [5.74, 6) is -0.538. The van der Waals surface area contributed by atoms with Crippen LogP contribution in [-0.2, 0) is 32.0 Å². The summed E-state index contributed by atoms with van der Waals surface area (Å²) in [6.07, 6.45) is -0.852. The Hall–Kier alpha value is -5.34. The fourth-order valence-corrected chi connectivity index (χ4v) is 6.79. The maximum absolute atomic E-state index is 12.9. The number of amides is 2. The highest BCUT2D eigenvalue weighted by molar-refractivity contribution is 5.92. The number of non-ortho nitro benzene ring substituents is 1. The predicted octanol–water partition coefficient (Wildman–Crippen LogP) is 5.61. The fraction of sp³-hybridized carbons (Fsp3) is 0.350. The molecule has 53 heavy (non-hydrogen) atoms. The molecule has 13 nitrogen and oxygen atoms in total. The van der Waals surface area contributed by atoms with Crippen LogP contribution in [0.5, 0.6) is 0 Å². The van der Waals surface area contributed by atoms with Crippen LogP contribution in [0.2, 0.25) is 0 Å². The first-order valence-electron chi connectivity index (χ1n) is 17.7. The third-order valence-electron chi connectivity index (χ3n) is 9.87. The number of urea groups is 1. The molecule has 4 aromatic rings. The van der Waals surface area contributed by atoms with Gasteiger partial charge < -0.3 is 34.9 Å². The SMILES string of the molecule is COC(=O)[C@H](Cc1ccccc1)NC(=O)Nc1ccc([C@H]2O[C@@H](CN3CCN(c4ccc([N+](=O)[O-])cc4)CC3)[C@@H](C)[C@@H](c3ccc(CO)cc3)O2)cc1. The molecule has 278 valence electrons. The number of ether oxygens (including phenoxy) is 3. The maximum Gasteiger partial charge on any atom is 0.328 e. The van der Waals surface area contributed by atoms with Gasteiger partial charge in [0.25, 0.3) is 5.69 Å². The zero-order valence-electron chi connectivity index (χ0n) is 29.8. The van der Waals surface area contributed by atoms with Crippen molar-refractivity contribution in [1.82, 2.24) is 10.2 Å². The van der Waals surface area contributed by atoms with Crippen LogP contribution < -0.4 is 15.5 Å². The van der Waals surface area contributed by atoms with Gasteiger partial charge in [-0.2, -0.15) is 0 Å². The largest absolute Gasteiger partial charge is 0.467 e. The van der Waals surface area contributed by atoms with E-state index in [1.807, 2.05) is 66.7 Å². The van der Waals surface area contributed by atoms with Gasteiger partial charge in [-0.1, -0.05) is 73.7 Å². The number of carbonyl (C=O) groups is 2. The van der Waals surface area contributed by atoms with E-state index in [1.54, 1.807) is 24.3 Å². The molecule has 0 saturated carbocycles. The van der Waals surface area contributed by atoms with Gasteiger partial charge in [0.2, 0.25) is 0 Å². The topological polar surface area (TPSA) is 156 Å². The average molecular weight is 724 g/mol. The number of carbonyl (C=O) groups excluding carboxylic acids is 2. The minimum absolute atomic E-state index is 0.00204. The lowest BCUT2D eigenvalue weighted by atomic mass is 9.90. The second-order valence-corrected chi connectivity index (χ2v) is 13.4. The molecule has 3 N–H and O–H groups in total. The Morgan fingerprint density at radius 2 is 1.55 bits per heavy atom. The third-order valence-corrected chi connectivity index (χ3v) is 9.87. The summed E-state index contributed by atoms with van der Waals surface area (Å²) >= 11 is 0. The zero-order chi connectivity index (χ0) is 37.3. The lowest BCUT2D eigenvalue weighted by Gasteiger charge is -2.44. The number of aliphatic hydroxyl groups is 1. The van der Waals surface area contributed by atoms with Gasteiger partial charge in [-0.3, -0.25) is 15.0 Å². The first-order valence-corrected chi connectivity index (χ1v) is 17.7. The molecule has 5 atom stereocenters. The normalized spacial score (nSPS) is 21.0. The number of esters is 1. The average Bonchev–Trinajstić information content (AvgIpc) is 3.19. The van der Waals surface area contributed by atoms with E-state index >= 15 is 0 Å². The minimum Gasteiger partial charge on any atom is -0.467 e. The lowest BCUT2D eigenvalue weighted by molar-refractivity contribution is -0.384. The van der Waals surface area contributed by atoms with Crippen LogP contribution in [0.15, 0.2) is 103 Å². The summed E-state index contributed by atoms with van der Waals surface area (Å²) in [6.45, 7) is 5.93. The Balaban J connectivity index is 1.12. The van der Waals surface area contributed by atoms with Crippen LogP contribution in [0.25, 0.3) is 0 Å². The molecule has 2 aliphatic heterocycles. The van der Waals surface area contributed by atoms with Gasteiger partial charge in [-0.25, -0.2) is 9.59 Å². The van der Waals surface area contributed by atoms with Crippen molar-refractivity contribution >= 4 is 29.1 Å². The number of hydrogen-bond acceptors (Lipinski definition) is 10. The highest BCUT2D eigenvalue weighted by Crippen LogP contribution is 2.42. The zero-order valence-corrected chi connectivity index (χ0v) is 29.8. The number of piperazine rings is 1. The number of anilines is 2. The third kappa shape index (κ3) is 9.56. The first-order chi connectivity index (χ1) is 25.7. The molecule has 0 aromatic heterocycles. The van der Waals surface area contributed by atoms with Crippen molar-refractivity contribution in [2.45, 2.75) is 44.5 Å². The van der Waals surface area contributed by atoms with E-state index in [9.17, 15) is 24.8 Å². The Morgan fingerprint density at radius 1 is 0.887 bits per heavy atom. The van der Waals surface area contributed by atoms with Crippen LogP contribution >= 0.6 is 0 Å². The van der Waals surface area contributed by atoms with Crippen LogP contribution in [-0.4, -0.2) is 78.9 Å². The standard InChI is InChI=1S/C40H45N5O8/c1-27-36(25-43-20-22-44(23-21-43)33-16-18-34(19-17-33)45(49)50)52-39(53-37(27)30-10-8-29(26-46)9-11-30)31-12-14-32(15-13-31)41-40(48)42-35(38(47)51-2)24-28-6-4-3-5-7-28/h3-19,27,35-37,39,46H,20-26H2,1-2H3,(H2,41,42,48)/t27-,35+,36+,37+,39+/m1/s1. The number of aliphatic hydroxyl groups excluding tert-OH is 1. The Kier molecular flexibility index (Phi) is 12.3. The summed E-state index contributed by atoms with van der Waals surface area (Å²) in [7, 11) is 1.29. The summed E-state index contributed by atoms with van der Waals surface area (Å²) in [5, 5.41) is 26.2. The molecule has 0 aliphatic carbocycles. The van der Waals surface area contributed by atoms with Crippen LogP contribution in [0.3, 0.4) is 0 Å². The van der Waals surface area contributed by atoms with E-state index in [-0.39, 0.29) is 41.8 Å². The summed E-state index contributed by atoms with van der Waals surface area (Å²) in [5.41, 5.74) is 5.04. The second-order valence-electron chi connectivity index (χ2n) is 13.4. The molecular formula is C40H45N5O8. The van der Waals surface area contributed by atoms with E-state index in [0.29, 0.717) is 12.2 Å². The fourth-order valence-electron chi connectivity index (χ4n) is 6.79. The first kappa shape index (κ1) is 37.4. The van der Waals surface area contributed by atoms with Gasteiger partial charge in [-0.05, 0) is 41.0 Å². The molecule has 2 saturated heterocycles. The molecule has 0 bridgehead atoms. The molecular weight excluding hydrogens is 678 g/mol. The quantitative estimate of drug-likeness (QED) is 0.0955. The predicted molar refractivity (Wildman–Crippen MR) is 199 cm³/mol. The van der Waals surface area contributed by atoms with Crippen molar-refractivity contribution in [2.75, 3.05) is 50.1 Å². The number of rotatable bonds is 12. The lowest BCUT2D eigenvalue weighted by Crippen LogP contribution is -2.51. The van der Waals surface area contributed by atoms with Crippen LogP contribution in [0.4, 0.5) is 21.9 Å². The summed E-state index contributed by atoms with van der Waals surface area (Å²) in [6, 6.07) is 29.7. The van der Waals surface area contributed by atoms with Gasteiger partial charge in [0.15, 0.2) is 6.29 Å². The molecule has 0 unspecified atom stereocenters. The summed E-state index contributed by atoms with van der Waals surface area (Å²) in [4.78, 5) is 40.7. The van der Waals surface area contributed by atoms with Crippen molar-refractivity contribution in [3.63, 3.8) is 0 Å². The van der Waals surface area contributed by atoms with Crippen LogP contribution in [0, 0.1) is 16.0 Å². The van der Waals surface area contributed by atoms with Crippen molar-refractivity contribution in [2.24, 2.45) is 5.92 Å². The molecule has 2 amide bonds. The number of methoxy groups -OCH3 is 1. The number of nitro benzene ring substituents is 1.